The molecule has 0 aliphatic carbocycles. The van der Waals surface area contributed by atoms with Crippen molar-refractivity contribution in [3.05, 3.63) is 51.5 Å². The summed E-state index contributed by atoms with van der Waals surface area (Å²) in [7, 11) is 3.28. The zero-order valence-corrected chi connectivity index (χ0v) is 16.3. The van der Waals surface area contributed by atoms with E-state index in [9.17, 15) is 23.2 Å². The van der Waals surface area contributed by atoms with E-state index in [1.54, 1.807) is 19.5 Å². The molecule has 1 atom stereocenters. The van der Waals surface area contributed by atoms with Gasteiger partial charge in [0, 0.05) is 31.1 Å². The number of nitrogens with one attached hydrogen (secondary N) is 1. The van der Waals surface area contributed by atoms with Crippen molar-refractivity contribution < 1.29 is 23.2 Å². The summed E-state index contributed by atoms with van der Waals surface area (Å²) in [5.41, 5.74) is -1.32. The monoisotopic (exact) mass is 408 g/mol. The van der Waals surface area contributed by atoms with Crippen LogP contribution < -0.4 is 5.32 Å². The highest BCUT2D eigenvalue weighted by Gasteiger charge is 2.50. The van der Waals surface area contributed by atoms with Gasteiger partial charge in [-0.05, 0) is 13.0 Å². The lowest BCUT2D eigenvalue weighted by atomic mass is 9.91. The van der Waals surface area contributed by atoms with Crippen molar-refractivity contribution >= 4 is 29.2 Å². The number of amides is 4. The van der Waals surface area contributed by atoms with E-state index in [1.807, 2.05) is 0 Å². The minimum atomic E-state index is -1.64. The molecule has 7 nitrogen and oxygen atoms in total. The van der Waals surface area contributed by atoms with Crippen LogP contribution in [-0.2, 0) is 28.1 Å². The molecule has 0 bridgehead atoms. The number of hydrogen-bond donors (Lipinski definition) is 1. The minimum absolute atomic E-state index is 0.115. The number of benzene rings is 1. The topological polar surface area (TPSA) is 82.6 Å². The number of carbonyl (C=O) groups excluding carboxylic acids is 3. The third-order valence-corrected chi connectivity index (χ3v) is 5.36. The number of imide groups is 1. The summed E-state index contributed by atoms with van der Waals surface area (Å²) in [6.45, 7) is 1.25. The Labute approximate surface area is 164 Å². The third kappa shape index (κ3) is 3.59. The summed E-state index contributed by atoms with van der Waals surface area (Å²) in [6.07, 6.45) is 0.121. The summed E-state index contributed by atoms with van der Waals surface area (Å²) in [6, 6.07) is 2.13. The molecule has 1 aromatic heterocycles. The minimum Gasteiger partial charge on any atom is -0.348 e. The lowest BCUT2D eigenvalue weighted by Gasteiger charge is -2.22. The first-order valence-corrected chi connectivity index (χ1v) is 9.23. The van der Waals surface area contributed by atoms with Gasteiger partial charge in [0.25, 0.3) is 5.91 Å². The second-order valence-electron chi connectivity index (χ2n) is 6.77. The number of aromatic nitrogens is 1. The van der Waals surface area contributed by atoms with Crippen LogP contribution in [0.4, 0.5) is 13.6 Å². The Bertz CT molecular complexity index is 962. The second kappa shape index (κ2) is 7.27. The number of carbonyl (C=O) groups is 3. The second-order valence-corrected chi connectivity index (χ2v) is 7.71. The number of halogens is 2. The van der Waals surface area contributed by atoms with Crippen LogP contribution in [0.3, 0.4) is 0 Å². The number of nitrogens with zero attached hydrogens (tertiary/aromatic N) is 3. The standard InChI is InChI=1S/C18H18F2N4O3S/c1-18(12-5-4-10(19)6-13(12)20)16(26)24(17(27)22-18)8-11-9-28-14(21-11)7-15(25)23(2)3/h4-6,9H,7-8H2,1-3H3,(H,22,27). The quantitative estimate of drug-likeness (QED) is 0.768. The van der Waals surface area contributed by atoms with Gasteiger partial charge in [-0.2, -0.15) is 0 Å². The zero-order chi connectivity index (χ0) is 20.6. The van der Waals surface area contributed by atoms with Gasteiger partial charge in [-0.1, -0.05) is 6.07 Å². The maximum atomic E-state index is 14.2. The molecule has 1 saturated heterocycles. The molecule has 1 unspecified atom stereocenters. The van der Waals surface area contributed by atoms with Gasteiger partial charge >= 0.3 is 6.03 Å². The van der Waals surface area contributed by atoms with E-state index in [2.05, 4.69) is 10.3 Å². The Hall–Kier alpha value is -2.88. The van der Waals surface area contributed by atoms with Crippen molar-refractivity contribution in [2.24, 2.45) is 0 Å². The largest absolute Gasteiger partial charge is 0.348 e. The molecule has 1 aromatic carbocycles. The fraction of sp³-hybridized carbons (Fsp3) is 0.333. The van der Waals surface area contributed by atoms with Crippen LogP contribution in [0.1, 0.15) is 23.2 Å². The lowest BCUT2D eigenvalue weighted by Crippen LogP contribution is -2.41. The van der Waals surface area contributed by atoms with Crippen LogP contribution in [-0.4, -0.2) is 46.7 Å². The van der Waals surface area contributed by atoms with Crippen LogP contribution in [0, 0.1) is 11.6 Å². The van der Waals surface area contributed by atoms with Crippen molar-refractivity contribution in [1.82, 2.24) is 20.1 Å². The molecule has 148 valence electrons. The highest BCUT2D eigenvalue weighted by molar-refractivity contribution is 7.09. The Morgan fingerprint density at radius 1 is 1.32 bits per heavy atom. The zero-order valence-electron chi connectivity index (χ0n) is 15.5. The summed E-state index contributed by atoms with van der Waals surface area (Å²) >= 11 is 1.25. The normalized spacial score (nSPS) is 19.1. The van der Waals surface area contributed by atoms with Crippen LogP contribution >= 0.6 is 11.3 Å². The third-order valence-electron chi connectivity index (χ3n) is 4.47. The molecule has 0 saturated carbocycles. The highest BCUT2D eigenvalue weighted by atomic mass is 32.1. The van der Waals surface area contributed by atoms with E-state index in [1.165, 1.54) is 23.2 Å². The average Bonchev–Trinajstić information content (AvgIpc) is 3.13. The SMILES string of the molecule is CN(C)C(=O)Cc1nc(CN2C(=O)NC(C)(c3ccc(F)cc3F)C2=O)cs1. The van der Waals surface area contributed by atoms with Gasteiger partial charge in [-0.25, -0.2) is 18.6 Å². The number of thiazole rings is 1. The Morgan fingerprint density at radius 3 is 2.68 bits per heavy atom. The van der Waals surface area contributed by atoms with Gasteiger partial charge in [0.2, 0.25) is 5.91 Å². The predicted octanol–water partition coefficient (Wildman–Crippen LogP) is 2.02. The smallest absolute Gasteiger partial charge is 0.325 e. The molecule has 1 aliphatic heterocycles. The van der Waals surface area contributed by atoms with Gasteiger partial charge in [0.1, 0.15) is 22.2 Å². The number of hydrogen-bond acceptors (Lipinski definition) is 5. The van der Waals surface area contributed by atoms with Crippen LogP contribution in [0.2, 0.25) is 0 Å². The molecule has 2 aromatic rings. The number of urea groups is 1. The number of rotatable bonds is 5. The molecule has 3 rings (SSSR count). The fourth-order valence-corrected chi connectivity index (χ4v) is 3.65. The molecule has 0 radical (unpaired) electrons. The molecule has 1 N–H and O–H groups in total. The van der Waals surface area contributed by atoms with E-state index in [4.69, 9.17) is 0 Å². The molecule has 1 fully saturated rings. The van der Waals surface area contributed by atoms with E-state index in [-0.39, 0.29) is 24.4 Å². The molecule has 10 heteroatoms. The molecular weight excluding hydrogens is 390 g/mol. The molecular formula is C18H18F2N4O3S. The first-order chi connectivity index (χ1) is 13.1. The van der Waals surface area contributed by atoms with E-state index in [0.717, 1.165) is 17.0 Å². The van der Waals surface area contributed by atoms with Gasteiger partial charge in [0.15, 0.2) is 0 Å². The van der Waals surface area contributed by atoms with Gasteiger partial charge < -0.3 is 10.2 Å². The van der Waals surface area contributed by atoms with Crippen molar-refractivity contribution in [3.8, 4) is 0 Å². The summed E-state index contributed by atoms with van der Waals surface area (Å²) in [5.74, 6) is -2.48. The van der Waals surface area contributed by atoms with E-state index < -0.39 is 29.1 Å². The maximum absolute atomic E-state index is 14.2. The number of likely N-dealkylation sites (N-methyl/N-ethyl adjacent to an activating group) is 1. The average molecular weight is 408 g/mol. The molecule has 4 amide bonds. The molecule has 28 heavy (non-hydrogen) atoms. The summed E-state index contributed by atoms with van der Waals surface area (Å²) in [5, 5.41) is 4.69. The summed E-state index contributed by atoms with van der Waals surface area (Å²) < 4.78 is 27.4. The predicted molar refractivity (Wildman–Crippen MR) is 97.3 cm³/mol. The Morgan fingerprint density at radius 2 is 2.04 bits per heavy atom. The van der Waals surface area contributed by atoms with Crippen LogP contribution in [0.5, 0.6) is 0 Å². The van der Waals surface area contributed by atoms with Gasteiger partial charge in [-0.3, -0.25) is 14.5 Å². The fourth-order valence-electron chi connectivity index (χ4n) is 2.87. The van der Waals surface area contributed by atoms with Crippen molar-refractivity contribution in [1.29, 1.82) is 0 Å². The van der Waals surface area contributed by atoms with Crippen LogP contribution in [0.25, 0.3) is 0 Å². The highest BCUT2D eigenvalue weighted by Crippen LogP contribution is 2.32. The van der Waals surface area contributed by atoms with Crippen LogP contribution in [0.15, 0.2) is 23.6 Å². The Kier molecular flexibility index (Phi) is 5.16. The molecule has 0 spiro atoms. The molecule has 2 heterocycles. The van der Waals surface area contributed by atoms with Gasteiger partial charge in [-0.15, -0.1) is 11.3 Å². The van der Waals surface area contributed by atoms with E-state index >= 15 is 0 Å². The van der Waals surface area contributed by atoms with Crippen molar-refractivity contribution in [3.63, 3.8) is 0 Å². The molecule has 1 aliphatic rings. The van der Waals surface area contributed by atoms with Crippen molar-refractivity contribution in [2.45, 2.75) is 25.4 Å². The first-order valence-electron chi connectivity index (χ1n) is 8.35. The first kappa shape index (κ1) is 19.9. The van der Waals surface area contributed by atoms with Gasteiger partial charge in [0.05, 0.1) is 18.7 Å². The van der Waals surface area contributed by atoms with E-state index in [0.29, 0.717) is 16.8 Å². The maximum Gasteiger partial charge on any atom is 0.325 e. The van der Waals surface area contributed by atoms with Crippen molar-refractivity contribution in [2.75, 3.05) is 14.1 Å². The Balaban J connectivity index is 1.79. The lowest BCUT2D eigenvalue weighted by molar-refractivity contribution is -0.131. The summed E-state index contributed by atoms with van der Waals surface area (Å²) in [4.78, 5) is 43.6.